The molecule has 1 N–H and O–H groups in total. The second kappa shape index (κ2) is 8.05. The molecule has 1 aliphatic rings. The highest BCUT2D eigenvalue weighted by Crippen LogP contribution is 2.16. The van der Waals surface area contributed by atoms with E-state index in [1.165, 1.54) is 0 Å². The van der Waals surface area contributed by atoms with Crippen molar-refractivity contribution in [3.05, 3.63) is 42.0 Å². The number of ether oxygens (including phenoxy) is 2. The summed E-state index contributed by atoms with van der Waals surface area (Å²) in [5, 5.41) is 2.68. The van der Waals surface area contributed by atoms with Crippen LogP contribution in [0.1, 0.15) is 32.8 Å². The largest absolute Gasteiger partial charge is 0.497 e. The number of hydrogen-bond donors (Lipinski definition) is 1. The predicted octanol–water partition coefficient (Wildman–Crippen LogP) is 2.88. The van der Waals surface area contributed by atoms with Gasteiger partial charge in [-0.15, -0.1) is 0 Å². The number of carbonyl (C=O) groups excluding carboxylic acids is 2. The Balaban J connectivity index is 2.02. The zero-order chi connectivity index (χ0) is 18.4. The molecule has 6 nitrogen and oxygen atoms in total. The van der Waals surface area contributed by atoms with Crippen LogP contribution >= 0.6 is 0 Å². The lowest BCUT2D eigenvalue weighted by molar-refractivity contribution is -0.133. The smallest absolute Gasteiger partial charge is 0.408 e. The summed E-state index contributed by atoms with van der Waals surface area (Å²) in [5.74, 6) is 0.655. The molecule has 136 valence electrons. The molecule has 0 spiro atoms. The van der Waals surface area contributed by atoms with Gasteiger partial charge in [0.15, 0.2) is 0 Å². The van der Waals surface area contributed by atoms with Crippen LogP contribution in [-0.2, 0) is 16.1 Å². The fraction of sp³-hybridized carbons (Fsp3) is 0.474. The maximum Gasteiger partial charge on any atom is 0.408 e. The van der Waals surface area contributed by atoms with Gasteiger partial charge in [0, 0.05) is 13.1 Å². The molecule has 1 unspecified atom stereocenters. The number of benzene rings is 1. The first-order chi connectivity index (χ1) is 11.8. The van der Waals surface area contributed by atoms with Crippen molar-refractivity contribution in [1.29, 1.82) is 0 Å². The summed E-state index contributed by atoms with van der Waals surface area (Å²) in [6, 6.07) is 6.97. The van der Waals surface area contributed by atoms with Gasteiger partial charge in [0.05, 0.1) is 7.11 Å². The molecule has 0 bridgehead atoms. The van der Waals surface area contributed by atoms with Crippen molar-refractivity contribution in [2.75, 3.05) is 13.7 Å². The lowest BCUT2D eigenvalue weighted by Gasteiger charge is -2.26. The van der Waals surface area contributed by atoms with Gasteiger partial charge in [0.2, 0.25) is 5.91 Å². The first-order valence-corrected chi connectivity index (χ1v) is 8.35. The van der Waals surface area contributed by atoms with Gasteiger partial charge in [-0.05, 0) is 44.9 Å². The van der Waals surface area contributed by atoms with Crippen molar-refractivity contribution in [1.82, 2.24) is 10.2 Å². The number of amides is 2. The van der Waals surface area contributed by atoms with E-state index in [0.717, 1.165) is 11.3 Å². The van der Waals surface area contributed by atoms with Crippen molar-refractivity contribution in [3.63, 3.8) is 0 Å². The highest BCUT2D eigenvalue weighted by atomic mass is 16.6. The van der Waals surface area contributed by atoms with E-state index in [9.17, 15) is 9.59 Å². The molecule has 0 saturated heterocycles. The van der Waals surface area contributed by atoms with Crippen molar-refractivity contribution in [2.45, 2.75) is 45.4 Å². The van der Waals surface area contributed by atoms with Crippen LogP contribution in [0.2, 0.25) is 0 Å². The summed E-state index contributed by atoms with van der Waals surface area (Å²) in [6.07, 6.45) is 3.73. The number of hydrogen-bond acceptors (Lipinski definition) is 4. The Labute approximate surface area is 148 Å². The number of nitrogens with one attached hydrogen (secondary N) is 1. The molecule has 1 aliphatic heterocycles. The van der Waals surface area contributed by atoms with Crippen molar-refractivity contribution in [2.24, 2.45) is 0 Å². The predicted molar refractivity (Wildman–Crippen MR) is 95.3 cm³/mol. The van der Waals surface area contributed by atoms with Crippen LogP contribution in [0.15, 0.2) is 36.4 Å². The average Bonchev–Trinajstić information content (AvgIpc) is 2.70. The van der Waals surface area contributed by atoms with E-state index in [4.69, 9.17) is 9.47 Å². The molecule has 1 aromatic carbocycles. The van der Waals surface area contributed by atoms with Gasteiger partial charge in [-0.25, -0.2) is 4.79 Å². The minimum atomic E-state index is -0.619. The van der Waals surface area contributed by atoms with Crippen molar-refractivity contribution >= 4 is 12.0 Å². The summed E-state index contributed by atoms with van der Waals surface area (Å²) >= 11 is 0. The molecule has 1 heterocycles. The van der Waals surface area contributed by atoms with Crippen LogP contribution in [0, 0.1) is 0 Å². The normalized spacial score (nSPS) is 17.8. The Bertz CT molecular complexity index is 632. The van der Waals surface area contributed by atoms with E-state index in [1.54, 1.807) is 32.8 Å². The average molecular weight is 346 g/mol. The number of nitrogens with zero attached hydrogens (tertiary/aromatic N) is 1. The Morgan fingerprint density at radius 2 is 1.92 bits per heavy atom. The summed E-state index contributed by atoms with van der Waals surface area (Å²) in [6.45, 7) is 6.35. The second-order valence-electron chi connectivity index (χ2n) is 6.97. The van der Waals surface area contributed by atoms with E-state index in [-0.39, 0.29) is 5.91 Å². The molecule has 2 amide bonds. The summed E-state index contributed by atoms with van der Waals surface area (Å²) in [7, 11) is 1.62. The molecule has 0 fully saturated rings. The lowest BCUT2D eigenvalue weighted by Crippen LogP contribution is -2.48. The molecule has 2 rings (SSSR count). The molecule has 1 aromatic rings. The Morgan fingerprint density at radius 1 is 1.24 bits per heavy atom. The fourth-order valence-electron chi connectivity index (χ4n) is 2.51. The van der Waals surface area contributed by atoms with Crippen LogP contribution in [0.4, 0.5) is 4.79 Å². The zero-order valence-electron chi connectivity index (χ0n) is 15.2. The van der Waals surface area contributed by atoms with Gasteiger partial charge in [-0.1, -0.05) is 24.3 Å². The van der Waals surface area contributed by atoms with Crippen LogP contribution in [0.25, 0.3) is 0 Å². The van der Waals surface area contributed by atoms with Gasteiger partial charge >= 0.3 is 6.09 Å². The first kappa shape index (κ1) is 18.8. The molecule has 25 heavy (non-hydrogen) atoms. The van der Waals surface area contributed by atoms with Crippen LogP contribution in [0.3, 0.4) is 0 Å². The number of methoxy groups -OCH3 is 1. The third-order valence-corrected chi connectivity index (χ3v) is 3.70. The molecule has 6 heteroatoms. The van der Waals surface area contributed by atoms with Crippen molar-refractivity contribution in [3.8, 4) is 5.75 Å². The van der Waals surface area contributed by atoms with Gasteiger partial charge in [0.1, 0.15) is 17.4 Å². The molecule has 0 aliphatic carbocycles. The van der Waals surface area contributed by atoms with Gasteiger partial charge in [-0.3, -0.25) is 4.79 Å². The molecular formula is C19H26N2O4. The maximum atomic E-state index is 12.8. The summed E-state index contributed by atoms with van der Waals surface area (Å²) in [4.78, 5) is 26.5. The SMILES string of the molecule is COc1ccc(CN2CC=CCC(NC(=O)OC(C)(C)C)C2=O)cc1. The van der Waals surface area contributed by atoms with Crippen LogP contribution < -0.4 is 10.1 Å². The van der Waals surface area contributed by atoms with Gasteiger partial charge in [-0.2, -0.15) is 0 Å². The number of alkyl carbamates (subject to hydrolysis) is 1. The number of carbonyl (C=O) groups is 2. The third kappa shape index (κ3) is 5.81. The van der Waals surface area contributed by atoms with Gasteiger partial charge < -0.3 is 19.7 Å². The Hall–Kier alpha value is -2.50. The van der Waals surface area contributed by atoms with E-state index in [1.807, 2.05) is 36.4 Å². The second-order valence-corrected chi connectivity index (χ2v) is 6.97. The van der Waals surface area contributed by atoms with E-state index in [0.29, 0.717) is 19.5 Å². The highest BCUT2D eigenvalue weighted by molar-refractivity contribution is 5.86. The fourth-order valence-corrected chi connectivity index (χ4v) is 2.51. The Morgan fingerprint density at radius 3 is 2.52 bits per heavy atom. The zero-order valence-corrected chi connectivity index (χ0v) is 15.2. The molecule has 0 aromatic heterocycles. The third-order valence-electron chi connectivity index (χ3n) is 3.70. The maximum absolute atomic E-state index is 12.8. The van der Waals surface area contributed by atoms with Crippen molar-refractivity contribution < 1.29 is 19.1 Å². The molecule has 1 atom stereocenters. The number of rotatable bonds is 4. The van der Waals surface area contributed by atoms with E-state index < -0.39 is 17.7 Å². The minimum absolute atomic E-state index is 0.119. The summed E-state index contributed by atoms with van der Waals surface area (Å²) in [5.41, 5.74) is 0.400. The first-order valence-electron chi connectivity index (χ1n) is 8.35. The van der Waals surface area contributed by atoms with Gasteiger partial charge in [0.25, 0.3) is 0 Å². The molecule has 0 saturated carbocycles. The topological polar surface area (TPSA) is 67.9 Å². The Kier molecular flexibility index (Phi) is 6.07. The molecule has 0 radical (unpaired) electrons. The molecular weight excluding hydrogens is 320 g/mol. The monoisotopic (exact) mass is 346 g/mol. The van der Waals surface area contributed by atoms with Crippen LogP contribution in [0.5, 0.6) is 5.75 Å². The van der Waals surface area contributed by atoms with E-state index >= 15 is 0 Å². The highest BCUT2D eigenvalue weighted by Gasteiger charge is 2.28. The lowest BCUT2D eigenvalue weighted by atomic mass is 10.1. The van der Waals surface area contributed by atoms with Crippen LogP contribution in [-0.4, -0.2) is 42.2 Å². The quantitative estimate of drug-likeness (QED) is 0.851. The van der Waals surface area contributed by atoms with E-state index in [2.05, 4.69) is 5.32 Å². The summed E-state index contributed by atoms with van der Waals surface area (Å²) < 4.78 is 10.4. The minimum Gasteiger partial charge on any atom is -0.497 e. The standard InChI is InChI=1S/C19H26N2O4/c1-19(2,3)25-18(23)20-16-7-5-6-12-21(17(16)22)13-14-8-10-15(24-4)11-9-14/h5-6,8-11,16H,7,12-13H2,1-4H3,(H,20,23).